The predicted molar refractivity (Wildman–Crippen MR) is 88.6 cm³/mol. The van der Waals surface area contributed by atoms with Gasteiger partial charge in [0, 0.05) is 12.5 Å². The lowest BCUT2D eigenvalue weighted by Crippen LogP contribution is -2.33. The molecule has 2 aliphatic rings. The summed E-state index contributed by atoms with van der Waals surface area (Å²) in [5.41, 5.74) is 2.72. The van der Waals surface area contributed by atoms with Crippen molar-refractivity contribution >= 4 is 7.25 Å². The molecule has 0 spiro atoms. The highest BCUT2D eigenvalue weighted by atomic mass is 19.5. The van der Waals surface area contributed by atoms with Crippen molar-refractivity contribution < 1.29 is 26.7 Å². The summed E-state index contributed by atoms with van der Waals surface area (Å²) >= 11 is 0. The Morgan fingerprint density at radius 2 is 1.81 bits per heavy atom. The van der Waals surface area contributed by atoms with Gasteiger partial charge >= 0.3 is 7.25 Å². The molecule has 1 aromatic carbocycles. The number of rotatable bonds is 1. The zero-order chi connectivity index (χ0) is 19.0. The minimum atomic E-state index is -6.00. The Labute approximate surface area is 152 Å². The van der Waals surface area contributed by atoms with Crippen LogP contribution in [0.25, 0.3) is 5.82 Å². The second-order valence-corrected chi connectivity index (χ2v) is 6.26. The Morgan fingerprint density at radius 1 is 1.07 bits per heavy atom. The molecule has 5 rings (SSSR count). The molecule has 0 unspecified atom stereocenters. The highest BCUT2D eigenvalue weighted by molar-refractivity contribution is 6.50. The number of benzene rings is 1. The zero-order valence-electron chi connectivity index (χ0n) is 14.1. The average molecular weight is 378 g/mol. The summed E-state index contributed by atoms with van der Waals surface area (Å²) in [6.45, 7) is 0.551. The van der Waals surface area contributed by atoms with Crippen LogP contribution in [-0.4, -0.2) is 28.0 Å². The van der Waals surface area contributed by atoms with Crippen LogP contribution in [-0.2, 0) is 17.8 Å². The molecule has 1 aliphatic heterocycles. The third-order valence-electron chi connectivity index (χ3n) is 4.51. The van der Waals surface area contributed by atoms with E-state index in [1.54, 1.807) is 6.20 Å². The van der Waals surface area contributed by atoms with Crippen molar-refractivity contribution in [2.24, 2.45) is 0 Å². The minimum absolute atomic E-state index is 0.205. The molecule has 3 aromatic rings. The van der Waals surface area contributed by atoms with Gasteiger partial charge in [-0.2, -0.15) is 0 Å². The first kappa shape index (κ1) is 17.7. The predicted octanol–water partition coefficient (Wildman–Crippen LogP) is 2.90. The second kappa shape index (κ2) is 6.77. The van der Waals surface area contributed by atoms with Crippen LogP contribution in [0.1, 0.15) is 23.0 Å². The average Bonchev–Trinajstić information content (AvgIpc) is 3.21. The van der Waals surface area contributed by atoms with E-state index in [1.807, 2.05) is 29.2 Å². The third kappa shape index (κ3) is 3.70. The van der Waals surface area contributed by atoms with Crippen LogP contribution < -0.4 is 4.68 Å². The van der Waals surface area contributed by atoms with Crippen molar-refractivity contribution in [3.8, 4) is 5.82 Å². The molecule has 27 heavy (non-hydrogen) atoms. The first-order valence-electron chi connectivity index (χ1n) is 8.38. The van der Waals surface area contributed by atoms with E-state index < -0.39 is 7.25 Å². The molecule has 0 bridgehead atoms. The molecule has 0 saturated carbocycles. The molecular formula is C17H15BF4N4O. The lowest BCUT2D eigenvalue weighted by atomic mass is 10.1. The summed E-state index contributed by atoms with van der Waals surface area (Å²) in [5, 5.41) is 4.65. The number of ether oxygens (including phenoxy) is 1. The van der Waals surface area contributed by atoms with Crippen LogP contribution in [0, 0.1) is 0 Å². The molecule has 1 aliphatic carbocycles. The van der Waals surface area contributed by atoms with E-state index in [2.05, 4.69) is 38.9 Å². The van der Waals surface area contributed by atoms with Crippen LogP contribution in [0.5, 0.6) is 0 Å². The quantitative estimate of drug-likeness (QED) is 0.372. The molecule has 140 valence electrons. The van der Waals surface area contributed by atoms with Gasteiger partial charge in [-0.25, -0.2) is 4.57 Å². The van der Waals surface area contributed by atoms with Gasteiger partial charge in [0.25, 0.3) is 5.82 Å². The maximum absolute atomic E-state index is 9.75. The second-order valence-electron chi connectivity index (χ2n) is 6.26. The van der Waals surface area contributed by atoms with Gasteiger partial charge in [0.05, 0.1) is 0 Å². The van der Waals surface area contributed by atoms with Crippen molar-refractivity contribution in [2.45, 2.75) is 25.2 Å². The molecule has 0 saturated heterocycles. The van der Waals surface area contributed by atoms with Gasteiger partial charge in [-0.3, -0.25) is 0 Å². The Morgan fingerprint density at radius 3 is 2.56 bits per heavy atom. The van der Waals surface area contributed by atoms with E-state index in [1.165, 1.54) is 11.1 Å². The van der Waals surface area contributed by atoms with Gasteiger partial charge in [0.15, 0.2) is 0 Å². The Balaban J connectivity index is 0.000000323. The summed E-state index contributed by atoms with van der Waals surface area (Å²) < 4.78 is 49.1. The topological polar surface area (TPSA) is 43.8 Å². The summed E-state index contributed by atoms with van der Waals surface area (Å²) in [5.74, 6) is 1.77. The molecule has 2 aromatic heterocycles. The van der Waals surface area contributed by atoms with Crippen LogP contribution in [0.4, 0.5) is 17.3 Å². The van der Waals surface area contributed by atoms with E-state index >= 15 is 0 Å². The van der Waals surface area contributed by atoms with Crippen molar-refractivity contribution in [1.82, 2.24) is 14.6 Å². The largest absolute Gasteiger partial charge is 0.673 e. The maximum Gasteiger partial charge on any atom is 0.673 e. The molecule has 0 N–H and O–H groups in total. The number of pyridine rings is 1. The van der Waals surface area contributed by atoms with E-state index in [0.29, 0.717) is 6.61 Å². The lowest BCUT2D eigenvalue weighted by molar-refractivity contribution is -0.661. The van der Waals surface area contributed by atoms with Crippen LogP contribution in [0.15, 0.2) is 55.0 Å². The van der Waals surface area contributed by atoms with Gasteiger partial charge in [0.1, 0.15) is 24.9 Å². The van der Waals surface area contributed by atoms with Crippen molar-refractivity contribution in [2.75, 3.05) is 0 Å². The highest BCUT2D eigenvalue weighted by Gasteiger charge is 2.42. The number of fused-ring (bicyclic) bond motifs is 5. The zero-order valence-corrected chi connectivity index (χ0v) is 14.1. The number of hydrogen-bond donors (Lipinski definition) is 0. The van der Waals surface area contributed by atoms with Crippen molar-refractivity contribution in [1.29, 1.82) is 0 Å². The molecular weight excluding hydrogens is 363 g/mol. The number of nitrogens with zero attached hydrogens (tertiary/aromatic N) is 4. The number of aromatic nitrogens is 4. The normalized spacial score (nSPS) is 20.1. The lowest BCUT2D eigenvalue weighted by Gasteiger charge is -2.24. The van der Waals surface area contributed by atoms with Crippen molar-refractivity contribution in [3.05, 3.63) is 71.9 Å². The smallest absolute Gasteiger partial charge is 0.418 e. The highest BCUT2D eigenvalue weighted by Crippen LogP contribution is 2.39. The van der Waals surface area contributed by atoms with Gasteiger partial charge < -0.3 is 22.0 Å². The van der Waals surface area contributed by atoms with Gasteiger partial charge in [-0.15, -0.1) is 9.67 Å². The molecule has 5 nitrogen and oxygen atoms in total. The Bertz CT molecular complexity index is 942. The first-order valence-corrected chi connectivity index (χ1v) is 8.38. The van der Waals surface area contributed by atoms with Crippen molar-refractivity contribution in [3.63, 3.8) is 0 Å². The fraction of sp³-hybridized carbons (Fsp3) is 0.235. The van der Waals surface area contributed by atoms with Gasteiger partial charge in [-0.1, -0.05) is 35.4 Å². The maximum atomic E-state index is 9.75. The van der Waals surface area contributed by atoms with E-state index in [9.17, 15) is 17.3 Å². The fourth-order valence-corrected chi connectivity index (χ4v) is 3.52. The fourth-order valence-electron chi connectivity index (χ4n) is 3.52. The number of hydrogen-bond acceptors (Lipinski definition) is 3. The number of halogens is 4. The van der Waals surface area contributed by atoms with Gasteiger partial charge in [-0.05, 0) is 17.2 Å². The summed E-state index contributed by atoms with van der Waals surface area (Å²) in [6.07, 6.45) is 5.00. The van der Waals surface area contributed by atoms with Crippen LogP contribution >= 0.6 is 0 Å². The van der Waals surface area contributed by atoms with Gasteiger partial charge in [0.2, 0.25) is 12.2 Å². The third-order valence-corrected chi connectivity index (χ3v) is 4.51. The summed E-state index contributed by atoms with van der Waals surface area (Å²) in [6, 6.07) is 14.6. The molecule has 0 radical (unpaired) electrons. The molecule has 3 heterocycles. The summed E-state index contributed by atoms with van der Waals surface area (Å²) in [4.78, 5) is 4.37. The first-order chi connectivity index (χ1) is 12.9. The van der Waals surface area contributed by atoms with E-state index in [4.69, 9.17) is 4.74 Å². The Kier molecular flexibility index (Phi) is 4.43. The monoisotopic (exact) mass is 378 g/mol. The van der Waals surface area contributed by atoms with E-state index in [-0.39, 0.29) is 12.1 Å². The van der Waals surface area contributed by atoms with Crippen LogP contribution in [0.2, 0.25) is 0 Å². The molecule has 0 fully saturated rings. The van der Waals surface area contributed by atoms with Crippen LogP contribution in [0.3, 0.4) is 0 Å². The molecule has 2 atom stereocenters. The SMILES string of the molecule is F[B-](F)(F)F.c1ccc(-[n+]2cn3c(n2)CO[C@@H]2Cc4ccccc4[C@@H]23)nc1. The minimum Gasteiger partial charge on any atom is -0.418 e. The molecule has 0 amide bonds. The molecule has 10 heteroatoms. The Hall–Kier alpha value is -2.75. The van der Waals surface area contributed by atoms with E-state index in [0.717, 1.165) is 18.1 Å². The standard InChI is InChI=1S/C17H15N4O.BF4/c1-2-6-13-12(5-1)9-14-17(13)20-11-21(19-16(20)10-22-14)15-7-3-4-8-18-15;2-1(3,4)5/h1-8,11,14,17H,9-10H2;/q+1;-1/t14-,17+;/m1./s1. The summed E-state index contributed by atoms with van der Waals surface area (Å²) in [7, 11) is -6.00.